The van der Waals surface area contributed by atoms with Crippen molar-refractivity contribution < 1.29 is 13.9 Å². The van der Waals surface area contributed by atoms with Gasteiger partial charge in [-0.05, 0) is 56.5 Å². The molecule has 38 heavy (non-hydrogen) atoms. The number of hydrogen-bond acceptors (Lipinski definition) is 9. The van der Waals surface area contributed by atoms with Crippen LogP contribution in [0.3, 0.4) is 0 Å². The fourth-order valence-electron chi connectivity index (χ4n) is 4.68. The van der Waals surface area contributed by atoms with Crippen LogP contribution in [-0.4, -0.2) is 39.5 Å². The van der Waals surface area contributed by atoms with Gasteiger partial charge in [0.05, 0.1) is 37.1 Å². The number of anilines is 2. The average Bonchev–Trinajstić information content (AvgIpc) is 2.88. The second kappa shape index (κ2) is 10.1. The van der Waals surface area contributed by atoms with Crippen LogP contribution >= 0.6 is 0 Å². The minimum Gasteiger partial charge on any atom is -0.493 e. The summed E-state index contributed by atoms with van der Waals surface area (Å²) in [6.07, 6.45) is 3.93. The Morgan fingerprint density at radius 3 is 2.63 bits per heavy atom. The van der Waals surface area contributed by atoms with Gasteiger partial charge in [-0.2, -0.15) is 0 Å². The Morgan fingerprint density at radius 2 is 1.95 bits per heavy atom. The van der Waals surface area contributed by atoms with Crippen molar-refractivity contribution in [3.63, 3.8) is 0 Å². The van der Waals surface area contributed by atoms with Gasteiger partial charge in [-0.25, -0.2) is 19.3 Å². The molecule has 0 spiro atoms. The van der Waals surface area contributed by atoms with Gasteiger partial charge in [0.25, 0.3) is 5.56 Å². The smallest absolute Gasteiger partial charge is 0.264 e. The van der Waals surface area contributed by atoms with Crippen LogP contribution in [0.15, 0.2) is 47.5 Å². The van der Waals surface area contributed by atoms with Gasteiger partial charge in [-0.15, -0.1) is 0 Å². The van der Waals surface area contributed by atoms with E-state index in [1.807, 2.05) is 6.92 Å². The number of nitrogens with zero attached hydrogens (tertiary/aromatic N) is 4. The van der Waals surface area contributed by atoms with Crippen molar-refractivity contribution >= 4 is 28.3 Å². The van der Waals surface area contributed by atoms with E-state index in [1.54, 1.807) is 28.8 Å². The van der Waals surface area contributed by atoms with Gasteiger partial charge in [0.15, 0.2) is 11.5 Å². The number of hydrogen-bond donors (Lipinski definition) is 3. The zero-order valence-electron chi connectivity index (χ0n) is 21.3. The number of nitrogen functional groups attached to an aromatic ring is 1. The maximum atomic E-state index is 14.6. The summed E-state index contributed by atoms with van der Waals surface area (Å²) in [5, 5.41) is 12.2. The third kappa shape index (κ3) is 4.29. The number of rotatable bonds is 8. The van der Waals surface area contributed by atoms with Crippen LogP contribution in [0.25, 0.3) is 10.9 Å². The second-order valence-electron chi connectivity index (χ2n) is 9.16. The molecule has 1 aliphatic carbocycles. The highest BCUT2D eigenvalue weighted by Crippen LogP contribution is 2.35. The van der Waals surface area contributed by atoms with E-state index in [-0.39, 0.29) is 34.0 Å². The van der Waals surface area contributed by atoms with Crippen molar-refractivity contribution in [1.29, 1.82) is 5.41 Å². The van der Waals surface area contributed by atoms with Gasteiger partial charge in [0, 0.05) is 11.6 Å². The van der Waals surface area contributed by atoms with E-state index in [4.69, 9.17) is 25.6 Å². The molecule has 2 heterocycles. The van der Waals surface area contributed by atoms with Crippen LogP contribution in [0.1, 0.15) is 55.2 Å². The Balaban J connectivity index is 1.57. The fraction of sp³-hybridized carbons (Fsp3) is 0.296. The molecule has 0 aliphatic heterocycles. The van der Waals surface area contributed by atoms with E-state index < -0.39 is 17.4 Å². The third-order valence-corrected chi connectivity index (χ3v) is 6.89. The van der Waals surface area contributed by atoms with Crippen LogP contribution in [0.2, 0.25) is 0 Å². The Morgan fingerprint density at radius 1 is 1.18 bits per heavy atom. The van der Waals surface area contributed by atoms with Crippen molar-refractivity contribution in [3.05, 3.63) is 75.8 Å². The van der Waals surface area contributed by atoms with Gasteiger partial charge in [-0.3, -0.25) is 14.8 Å². The summed E-state index contributed by atoms with van der Waals surface area (Å²) in [7, 11) is 3.05. The lowest BCUT2D eigenvalue weighted by molar-refractivity contribution is 0.294. The molecule has 1 aliphatic rings. The van der Waals surface area contributed by atoms with Gasteiger partial charge in [0.1, 0.15) is 35.0 Å². The van der Waals surface area contributed by atoms with Crippen LogP contribution in [0.4, 0.5) is 16.0 Å². The SMILES string of the molecule is COc1ccc(C(=N)c2c(N)ncnc2NC(C)c2nc3cccc(F)c3c(=O)n2C2CCC2)cc1OC. The van der Waals surface area contributed by atoms with Crippen LogP contribution in [-0.2, 0) is 0 Å². The molecule has 1 saturated carbocycles. The second-order valence-corrected chi connectivity index (χ2v) is 9.16. The van der Waals surface area contributed by atoms with Crippen molar-refractivity contribution in [1.82, 2.24) is 19.5 Å². The highest BCUT2D eigenvalue weighted by Gasteiger charge is 2.28. The number of nitrogens with one attached hydrogen (secondary N) is 2. The van der Waals surface area contributed by atoms with Crippen LogP contribution in [0, 0.1) is 11.2 Å². The molecule has 4 N–H and O–H groups in total. The zero-order chi connectivity index (χ0) is 27.0. The number of ether oxygens (including phenoxy) is 2. The summed E-state index contributed by atoms with van der Waals surface area (Å²) in [6.45, 7) is 1.84. The van der Waals surface area contributed by atoms with E-state index in [0.717, 1.165) is 19.3 Å². The fourth-order valence-corrected chi connectivity index (χ4v) is 4.68. The van der Waals surface area contributed by atoms with E-state index >= 15 is 0 Å². The first-order valence-electron chi connectivity index (χ1n) is 12.2. The number of benzene rings is 2. The molecule has 4 aromatic rings. The molecule has 0 amide bonds. The Bertz CT molecular complexity index is 1600. The third-order valence-electron chi connectivity index (χ3n) is 6.89. The Hall–Kier alpha value is -4.54. The lowest BCUT2D eigenvalue weighted by Crippen LogP contribution is -2.35. The average molecular weight is 518 g/mol. The number of nitrogens with two attached hydrogens (primary N) is 1. The van der Waals surface area contributed by atoms with Gasteiger partial charge in [0.2, 0.25) is 0 Å². The summed E-state index contributed by atoms with van der Waals surface area (Å²) < 4.78 is 26.9. The largest absolute Gasteiger partial charge is 0.493 e. The first-order valence-corrected chi connectivity index (χ1v) is 12.2. The van der Waals surface area contributed by atoms with Gasteiger partial charge >= 0.3 is 0 Å². The Kier molecular flexibility index (Phi) is 6.66. The molecule has 0 radical (unpaired) electrons. The van der Waals surface area contributed by atoms with Crippen LogP contribution in [0.5, 0.6) is 11.5 Å². The molecular weight excluding hydrogens is 489 g/mol. The van der Waals surface area contributed by atoms with E-state index in [0.29, 0.717) is 28.7 Å². The minimum atomic E-state index is -0.588. The predicted octanol–water partition coefficient (Wildman–Crippen LogP) is 4.24. The quantitative estimate of drug-likeness (QED) is 0.295. The van der Waals surface area contributed by atoms with E-state index in [1.165, 1.54) is 32.7 Å². The lowest BCUT2D eigenvalue weighted by Gasteiger charge is -2.31. The van der Waals surface area contributed by atoms with Crippen LogP contribution < -0.4 is 26.1 Å². The first-order chi connectivity index (χ1) is 18.3. The summed E-state index contributed by atoms with van der Waals surface area (Å²) in [6, 6.07) is 8.95. The topological polar surface area (TPSA) is 141 Å². The molecule has 0 saturated heterocycles. The summed E-state index contributed by atoms with van der Waals surface area (Å²) in [4.78, 5) is 26.6. The molecule has 10 nitrogen and oxygen atoms in total. The van der Waals surface area contributed by atoms with E-state index in [9.17, 15) is 9.18 Å². The minimum absolute atomic E-state index is 0.0162. The number of methoxy groups -OCH3 is 2. The molecule has 11 heteroatoms. The molecular formula is C27H28FN7O3. The van der Waals surface area contributed by atoms with Crippen molar-refractivity contribution in [2.75, 3.05) is 25.3 Å². The monoisotopic (exact) mass is 517 g/mol. The molecule has 1 unspecified atom stereocenters. The molecule has 5 rings (SSSR count). The molecule has 0 bridgehead atoms. The number of aromatic nitrogens is 4. The maximum absolute atomic E-state index is 14.6. The highest BCUT2D eigenvalue weighted by molar-refractivity contribution is 6.16. The summed E-state index contributed by atoms with van der Waals surface area (Å²) >= 11 is 0. The molecule has 2 aromatic carbocycles. The highest BCUT2D eigenvalue weighted by atomic mass is 19.1. The first kappa shape index (κ1) is 25.1. The normalized spacial score (nSPS) is 14.1. The molecule has 1 atom stereocenters. The number of fused-ring (bicyclic) bond motifs is 1. The van der Waals surface area contributed by atoms with Crippen molar-refractivity contribution in [2.45, 2.75) is 38.3 Å². The van der Waals surface area contributed by atoms with E-state index in [2.05, 4.69) is 15.3 Å². The van der Waals surface area contributed by atoms with Crippen molar-refractivity contribution in [3.8, 4) is 11.5 Å². The summed E-state index contributed by atoms with van der Waals surface area (Å²) in [5.74, 6) is 1.28. The standard InChI is InChI=1S/C27H28FN7O3/c1-14(26-34-18-9-5-8-17(28)21(18)27(36)35(26)16-6-4-7-16)33-25-22(24(30)31-13-32-25)23(29)15-10-11-19(37-2)20(12-15)38-3/h5,8-14,16,29H,4,6-7H2,1-3H3,(H3,30,31,32,33). The predicted molar refractivity (Wildman–Crippen MR) is 143 cm³/mol. The summed E-state index contributed by atoms with van der Waals surface area (Å²) in [5.41, 5.74) is 6.99. The zero-order valence-corrected chi connectivity index (χ0v) is 21.3. The molecule has 2 aromatic heterocycles. The molecule has 1 fully saturated rings. The van der Waals surface area contributed by atoms with Gasteiger partial charge < -0.3 is 20.5 Å². The Labute approximate surface area is 218 Å². The molecule has 196 valence electrons. The van der Waals surface area contributed by atoms with Crippen molar-refractivity contribution in [2.24, 2.45) is 0 Å². The number of halogens is 1. The van der Waals surface area contributed by atoms with Gasteiger partial charge in [-0.1, -0.05) is 6.07 Å². The maximum Gasteiger partial charge on any atom is 0.264 e. The lowest BCUT2D eigenvalue weighted by atomic mass is 9.92.